The normalized spacial score (nSPS) is 13.4. The van der Waals surface area contributed by atoms with E-state index in [0.717, 1.165) is 60.2 Å². The zero-order valence-corrected chi connectivity index (χ0v) is 29.5. The SMILES string of the molecule is CN(CCOC(=O)NCCOCCOCCCCCCCl)c1ccc2c(c1)C(C)(C)c1cc(/C=C(/C#N)C(=O)OC(C)(C)C)ccc1-2. The Bertz CT molecular complexity index is 1430. The molecule has 0 unspecified atom stereocenters. The number of benzene rings is 2. The molecule has 2 aromatic carbocycles. The zero-order chi connectivity index (χ0) is 34.5. The minimum absolute atomic E-state index is 0.0392. The Morgan fingerprint density at radius 1 is 0.936 bits per heavy atom. The third-order valence-electron chi connectivity index (χ3n) is 7.89. The van der Waals surface area contributed by atoms with Crippen molar-refractivity contribution in [1.82, 2.24) is 5.32 Å². The Hall–Kier alpha value is -3.58. The van der Waals surface area contributed by atoms with Gasteiger partial charge in [-0.1, -0.05) is 51.0 Å². The second-order valence-corrected chi connectivity index (χ2v) is 13.5. The standard InChI is InChI=1S/C37H50ClN3O6/c1-36(2,3)47-34(42)28(26-39)23-27-11-13-30-31-14-12-29(25-33(31)37(4,5)32(30)24-27)41(6)17-20-46-35(43)40-16-19-45-22-21-44-18-10-8-7-9-15-38/h11-14,23-25H,7-10,15-22H2,1-6H3,(H,40,43)/b28-23-. The number of hydrogen-bond donors (Lipinski definition) is 1. The number of alkyl carbamates (subject to hydrolysis) is 1. The Balaban J connectivity index is 1.46. The molecule has 0 heterocycles. The van der Waals surface area contributed by atoms with Crippen molar-refractivity contribution in [1.29, 1.82) is 5.26 Å². The molecule has 0 fully saturated rings. The number of likely N-dealkylation sites (N-methyl/N-ethyl adjacent to an activating group) is 1. The molecule has 0 saturated carbocycles. The molecule has 47 heavy (non-hydrogen) atoms. The maximum atomic E-state index is 12.5. The third kappa shape index (κ3) is 11.6. The first-order valence-corrected chi connectivity index (χ1v) is 16.9. The number of hydrogen-bond acceptors (Lipinski definition) is 8. The summed E-state index contributed by atoms with van der Waals surface area (Å²) in [6.45, 7) is 12.9. The number of nitriles is 1. The summed E-state index contributed by atoms with van der Waals surface area (Å²) in [5, 5.41) is 12.3. The fourth-order valence-corrected chi connectivity index (χ4v) is 5.55. The van der Waals surface area contributed by atoms with Crippen LogP contribution in [0, 0.1) is 11.3 Å². The van der Waals surface area contributed by atoms with E-state index in [4.69, 9.17) is 30.5 Å². The summed E-state index contributed by atoms with van der Waals surface area (Å²) in [5.74, 6) is 0.0800. The van der Waals surface area contributed by atoms with Crippen LogP contribution in [-0.2, 0) is 29.2 Å². The van der Waals surface area contributed by atoms with Crippen molar-refractivity contribution < 1.29 is 28.5 Å². The number of carbonyl (C=O) groups is 2. The van der Waals surface area contributed by atoms with Gasteiger partial charge in [0.05, 0.1) is 26.4 Å². The Kier molecular flexibility index (Phi) is 14.6. The monoisotopic (exact) mass is 667 g/mol. The molecule has 0 aromatic heterocycles. The fraction of sp³-hybridized carbons (Fsp3) is 0.541. The van der Waals surface area contributed by atoms with E-state index in [9.17, 15) is 14.9 Å². The molecule has 1 aliphatic carbocycles. The van der Waals surface area contributed by atoms with Crippen LogP contribution in [0.1, 0.15) is 77.0 Å². The Labute approximate surface area is 285 Å². The van der Waals surface area contributed by atoms with Crippen molar-refractivity contribution >= 4 is 35.4 Å². The molecule has 10 heteroatoms. The van der Waals surface area contributed by atoms with Gasteiger partial charge in [-0.15, -0.1) is 11.6 Å². The van der Waals surface area contributed by atoms with Gasteiger partial charge in [-0.25, -0.2) is 9.59 Å². The van der Waals surface area contributed by atoms with Crippen LogP contribution in [0.15, 0.2) is 42.0 Å². The molecule has 3 rings (SSSR count). The predicted octanol–water partition coefficient (Wildman–Crippen LogP) is 7.24. The van der Waals surface area contributed by atoms with Crippen molar-refractivity contribution in [2.24, 2.45) is 0 Å². The minimum atomic E-state index is -0.687. The highest BCUT2D eigenvalue weighted by Crippen LogP contribution is 2.50. The molecule has 1 amide bonds. The third-order valence-corrected chi connectivity index (χ3v) is 8.16. The van der Waals surface area contributed by atoms with Gasteiger partial charge in [-0.05, 0) is 79.6 Å². The average molecular weight is 668 g/mol. The minimum Gasteiger partial charge on any atom is -0.456 e. The number of amides is 1. The lowest BCUT2D eigenvalue weighted by atomic mass is 9.81. The molecule has 0 aliphatic heterocycles. The fourth-order valence-electron chi connectivity index (χ4n) is 5.36. The number of halogens is 1. The first-order chi connectivity index (χ1) is 22.4. The number of unbranched alkanes of at least 4 members (excludes halogenated alkanes) is 3. The van der Waals surface area contributed by atoms with Crippen LogP contribution in [0.5, 0.6) is 0 Å². The van der Waals surface area contributed by atoms with Crippen molar-refractivity contribution in [2.75, 3.05) is 64.0 Å². The summed E-state index contributed by atoms with van der Waals surface area (Å²) < 4.78 is 21.8. The van der Waals surface area contributed by atoms with E-state index in [1.807, 2.05) is 31.3 Å². The first-order valence-electron chi connectivity index (χ1n) is 16.3. The number of carbonyl (C=O) groups excluding carboxylic acids is 2. The summed E-state index contributed by atoms with van der Waals surface area (Å²) in [7, 11) is 1.97. The van der Waals surface area contributed by atoms with Crippen LogP contribution < -0.4 is 10.2 Å². The lowest BCUT2D eigenvalue weighted by Gasteiger charge is -2.25. The van der Waals surface area contributed by atoms with Crippen molar-refractivity contribution in [3.63, 3.8) is 0 Å². The van der Waals surface area contributed by atoms with Gasteiger partial charge >= 0.3 is 12.1 Å². The Morgan fingerprint density at radius 3 is 2.28 bits per heavy atom. The van der Waals surface area contributed by atoms with E-state index in [0.29, 0.717) is 38.8 Å². The van der Waals surface area contributed by atoms with E-state index in [1.165, 1.54) is 5.56 Å². The maximum Gasteiger partial charge on any atom is 0.407 e. The van der Waals surface area contributed by atoms with Crippen LogP contribution >= 0.6 is 11.6 Å². The smallest absolute Gasteiger partial charge is 0.407 e. The van der Waals surface area contributed by atoms with Crippen LogP contribution in [0.2, 0.25) is 0 Å². The van der Waals surface area contributed by atoms with Crippen LogP contribution in [0.4, 0.5) is 10.5 Å². The molecular formula is C37H50ClN3O6. The van der Waals surface area contributed by atoms with Crippen molar-refractivity contribution in [3.05, 3.63) is 58.7 Å². The highest BCUT2D eigenvalue weighted by Gasteiger charge is 2.36. The van der Waals surface area contributed by atoms with E-state index in [1.54, 1.807) is 26.8 Å². The van der Waals surface area contributed by atoms with Crippen LogP contribution in [0.25, 0.3) is 17.2 Å². The van der Waals surface area contributed by atoms with Gasteiger partial charge in [0.15, 0.2) is 0 Å². The summed E-state index contributed by atoms with van der Waals surface area (Å²) in [6.07, 6.45) is 5.45. The van der Waals surface area contributed by atoms with Crippen molar-refractivity contribution in [2.45, 2.75) is 71.3 Å². The van der Waals surface area contributed by atoms with Gasteiger partial charge in [-0.2, -0.15) is 5.26 Å². The summed E-state index contributed by atoms with van der Waals surface area (Å²) in [6, 6.07) is 14.3. The maximum absolute atomic E-state index is 12.5. The molecule has 0 spiro atoms. The quantitative estimate of drug-likeness (QED) is 0.0583. The number of nitrogens with zero attached hydrogens (tertiary/aromatic N) is 2. The van der Waals surface area contributed by atoms with E-state index in [2.05, 4.69) is 42.3 Å². The second kappa shape index (κ2) is 18.1. The molecule has 0 saturated heterocycles. The van der Waals surface area contributed by atoms with E-state index in [-0.39, 0.29) is 17.6 Å². The number of esters is 1. The molecule has 1 aliphatic rings. The van der Waals surface area contributed by atoms with Gasteiger partial charge < -0.3 is 29.2 Å². The van der Waals surface area contributed by atoms with Gasteiger partial charge in [0.2, 0.25) is 0 Å². The largest absolute Gasteiger partial charge is 0.456 e. The van der Waals surface area contributed by atoms with Crippen LogP contribution in [-0.4, -0.2) is 76.7 Å². The lowest BCUT2D eigenvalue weighted by Crippen LogP contribution is -2.31. The highest BCUT2D eigenvalue weighted by atomic mass is 35.5. The van der Waals surface area contributed by atoms with Gasteiger partial charge in [0.25, 0.3) is 0 Å². The molecule has 9 nitrogen and oxygen atoms in total. The predicted molar refractivity (Wildman–Crippen MR) is 187 cm³/mol. The van der Waals surface area contributed by atoms with Gasteiger partial charge in [-0.3, -0.25) is 0 Å². The topological polar surface area (TPSA) is 110 Å². The molecule has 1 N–H and O–H groups in total. The lowest BCUT2D eigenvalue weighted by molar-refractivity contribution is -0.149. The average Bonchev–Trinajstić information content (AvgIpc) is 3.24. The highest BCUT2D eigenvalue weighted by molar-refractivity contribution is 6.17. The number of alkyl halides is 1. The van der Waals surface area contributed by atoms with E-state index < -0.39 is 17.7 Å². The molecule has 2 aromatic rings. The Morgan fingerprint density at radius 2 is 1.60 bits per heavy atom. The first kappa shape index (κ1) is 37.9. The summed E-state index contributed by atoms with van der Waals surface area (Å²) in [4.78, 5) is 26.7. The second-order valence-electron chi connectivity index (χ2n) is 13.1. The van der Waals surface area contributed by atoms with Gasteiger partial charge in [0, 0.05) is 37.2 Å². The van der Waals surface area contributed by atoms with Gasteiger partial charge in [0.1, 0.15) is 23.9 Å². The number of rotatable bonds is 18. The van der Waals surface area contributed by atoms with Crippen LogP contribution in [0.3, 0.4) is 0 Å². The number of ether oxygens (including phenoxy) is 4. The zero-order valence-electron chi connectivity index (χ0n) is 28.7. The summed E-state index contributed by atoms with van der Waals surface area (Å²) >= 11 is 5.67. The molecule has 256 valence electrons. The molecule has 0 atom stereocenters. The number of fused-ring (bicyclic) bond motifs is 3. The van der Waals surface area contributed by atoms with E-state index >= 15 is 0 Å². The number of anilines is 1. The molecular weight excluding hydrogens is 618 g/mol. The summed E-state index contributed by atoms with van der Waals surface area (Å²) in [5.41, 5.74) is 5.31. The molecule has 0 bridgehead atoms. The van der Waals surface area contributed by atoms with Crippen molar-refractivity contribution in [3.8, 4) is 17.2 Å². The molecule has 0 radical (unpaired) electrons. The number of nitrogens with one attached hydrogen (secondary N) is 1.